The Morgan fingerprint density at radius 1 is 1.77 bits per heavy atom. The molecule has 0 aromatic rings. The van der Waals surface area contributed by atoms with Crippen LogP contribution >= 0.6 is 0 Å². The van der Waals surface area contributed by atoms with Crippen LogP contribution in [0.1, 0.15) is 6.92 Å². The van der Waals surface area contributed by atoms with Crippen molar-refractivity contribution in [2.75, 3.05) is 13.7 Å². The van der Waals surface area contributed by atoms with Crippen LogP contribution in [0.3, 0.4) is 0 Å². The quantitative estimate of drug-likeness (QED) is 0.478. The third kappa shape index (κ3) is 1.52. The second-order valence-electron chi connectivity index (χ2n) is 3.23. The van der Waals surface area contributed by atoms with Crippen LogP contribution in [0.15, 0.2) is 24.8 Å². The molecule has 0 radical (unpaired) electrons. The van der Waals surface area contributed by atoms with Gasteiger partial charge >= 0.3 is 0 Å². The topological polar surface area (TPSA) is 29.5 Å². The van der Waals surface area contributed by atoms with Gasteiger partial charge in [0.1, 0.15) is 0 Å². The van der Waals surface area contributed by atoms with Crippen molar-refractivity contribution in [1.82, 2.24) is 4.90 Å². The van der Waals surface area contributed by atoms with Gasteiger partial charge in [0.25, 0.3) is 5.91 Å². The lowest BCUT2D eigenvalue weighted by molar-refractivity contribution is -0.165. The molecule has 0 unspecified atom stereocenters. The van der Waals surface area contributed by atoms with Crippen LogP contribution in [0.25, 0.3) is 0 Å². The molecule has 1 saturated heterocycles. The zero-order valence-corrected chi connectivity index (χ0v) is 8.12. The third-order valence-corrected chi connectivity index (χ3v) is 2.23. The van der Waals surface area contributed by atoms with Crippen molar-refractivity contribution < 1.29 is 9.53 Å². The molecule has 2 atom stereocenters. The van der Waals surface area contributed by atoms with Crippen molar-refractivity contribution in [2.45, 2.75) is 19.1 Å². The SMILES string of the molecule is C=CCN1C(=O)[C@@H](OC)[C@H]1C(=C)C. The molecule has 0 bridgehead atoms. The van der Waals surface area contributed by atoms with Crippen LogP contribution in [0, 0.1) is 0 Å². The number of carbonyl (C=O) groups excluding carboxylic acids is 1. The minimum absolute atomic E-state index is 0.0235. The van der Waals surface area contributed by atoms with E-state index in [1.807, 2.05) is 6.92 Å². The molecule has 0 aromatic carbocycles. The van der Waals surface area contributed by atoms with Gasteiger partial charge in [0.2, 0.25) is 0 Å². The molecule has 0 aliphatic carbocycles. The minimum atomic E-state index is -0.336. The molecular weight excluding hydrogens is 166 g/mol. The fourth-order valence-corrected chi connectivity index (χ4v) is 1.61. The Bertz CT molecular complexity index is 247. The molecule has 1 fully saturated rings. The molecule has 0 saturated carbocycles. The van der Waals surface area contributed by atoms with Crippen molar-refractivity contribution in [2.24, 2.45) is 0 Å². The summed E-state index contributed by atoms with van der Waals surface area (Å²) in [6.45, 7) is 9.90. The fourth-order valence-electron chi connectivity index (χ4n) is 1.61. The Morgan fingerprint density at radius 3 is 2.77 bits per heavy atom. The average Bonchev–Trinajstić information content (AvgIpc) is 2.08. The summed E-state index contributed by atoms with van der Waals surface area (Å²) in [4.78, 5) is 13.1. The molecule has 3 nitrogen and oxygen atoms in total. The van der Waals surface area contributed by atoms with Crippen molar-refractivity contribution in [1.29, 1.82) is 0 Å². The first kappa shape index (κ1) is 9.99. The van der Waals surface area contributed by atoms with Gasteiger partial charge in [-0.2, -0.15) is 0 Å². The summed E-state index contributed by atoms with van der Waals surface area (Å²) in [7, 11) is 1.55. The lowest BCUT2D eigenvalue weighted by Crippen LogP contribution is -2.65. The maximum Gasteiger partial charge on any atom is 0.255 e. The van der Waals surface area contributed by atoms with Crippen LogP contribution in [-0.4, -0.2) is 36.6 Å². The van der Waals surface area contributed by atoms with Gasteiger partial charge in [-0.15, -0.1) is 6.58 Å². The molecule has 1 rings (SSSR count). The number of amides is 1. The van der Waals surface area contributed by atoms with Gasteiger partial charge in [0.05, 0.1) is 6.04 Å². The Labute approximate surface area is 78.7 Å². The largest absolute Gasteiger partial charge is 0.369 e. The van der Waals surface area contributed by atoms with E-state index in [0.717, 1.165) is 5.57 Å². The first-order chi connectivity index (χ1) is 6.13. The molecule has 1 heterocycles. The molecule has 0 aromatic heterocycles. The Kier molecular flexibility index (Phi) is 2.88. The zero-order chi connectivity index (χ0) is 10.0. The van der Waals surface area contributed by atoms with E-state index in [9.17, 15) is 4.79 Å². The van der Waals surface area contributed by atoms with Crippen molar-refractivity contribution >= 4 is 5.91 Å². The van der Waals surface area contributed by atoms with E-state index in [4.69, 9.17) is 4.74 Å². The summed E-state index contributed by atoms with van der Waals surface area (Å²) in [5.41, 5.74) is 0.952. The van der Waals surface area contributed by atoms with E-state index in [0.29, 0.717) is 6.54 Å². The Balaban J connectivity index is 2.71. The maximum atomic E-state index is 11.4. The number of likely N-dealkylation sites (tertiary alicyclic amines) is 1. The number of hydrogen-bond acceptors (Lipinski definition) is 2. The molecular formula is C10H15NO2. The molecule has 1 aliphatic rings. The predicted octanol–water partition coefficient (Wildman–Crippen LogP) is 0.974. The van der Waals surface area contributed by atoms with Crippen LogP contribution in [0.4, 0.5) is 0 Å². The van der Waals surface area contributed by atoms with E-state index < -0.39 is 0 Å². The highest BCUT2D eigenvalue weighted by Crippen LogP contribution is 2.27. The van der Waals surface area contributed by atoms with E-state index >= 15 is 0 Å². The number of methoxy groups -OCH3 is 1. The van der Waals surface area contributed by atoms with Gasteiger partial charge in [-0.25, -0.2) is 0 Å². The molecule has 3 heteroatoms. The number of rotatable bonds is 4. The lowest BCUT2D eigenvalue weighted by atomic mass is 9.92. The second kappa shape index (κ2) is 3.75. The Morgan fingerprint density at radius 2 is 2.38 bits per heavy atom. The van der Waals surface area contributed by atoms with Crippen LogP contribution in [0.5, 0.6) is 0 Å². The summed E-state index contributed by atoms with van der Waals surface area (Å²) in [6, 6.07) is 0.0236. The number of nitrogens with zero attached hydrogens (tertiary/aromatic N) is 1. The predicted molar refractivity (Wildman–Crippen MR) is 51.3 cm³/mol. The summed E-state index contributed by atoms with van der Waals surface area (Å²) in [5, 5.41) is 0. The first-order valence-corrected chi connectivity index (χ1v) is 4.23. The van der Waals surface area contributed by atoms with E-state index in [-0.39, 0.29) is 18.1 Å². The van der Waals surface area contributed by atoms with Crippen molar-refractivity contribution in [3.05, 3.63) is 24.8 Å². The number of carbonyl (C=O) groups is 1. The third-order valence-electron chi connectivity index (χ3n) is 2.23. The van der Waals surface area contributed by atoms with Crippen molar-refractivity contribution in [3.8, 4) is 0 Å². The van der Waals surface area contributed by atoms with Crippen molar-refractivity contribution in [3.63, 3.8) is 0 Å². The van der Waals surface area contributed by atoms with Gasteiger partial charge in [-0.3, -0.25) is 4.79 Å². The van der Waals surface area contributed by atoms with Gasteiger partial charge in [-0.1, -0.05) is 18.2 Å². The van der Waals surface area contributed by atoms with Gasteiger partial charge in [0, 0.05) is 13.7 Å². The summed E-state index contributed by atoms with van der Waals surface area (Å²) >= 11 is 0. The highest BCUT2D eigenvalue weighted by atomic mass is 16.5. The fraction of sp³-hybridized carbons (Fsp3) is 0.500. The number of ether oxygens (including phenoxy) is 1. The molecule has 1 amide bonds. The van der Waals surface area contributed by atoms with E-state index in [1.54, 1.807) is 18.1 Å². The number of β-lactam (4-membered cyclic amide) rings is 1. The molecule has 0 spiro atoms. The van der Waals surface area contributed by atoms with Gasteiger partial charge in [-0.05, 0) is 6.92 Å². The summed E-state index contributed by atoms with van der Waals surface area (Å²) in [6.07, 6.45) is 1.37. The second-order valence-corrected chi connectivity index (χ2v) is 3.23. The van der Waals surface area contributed by atoms with Crippen LogP contribution in [-0.2, 0) is 9.53 Å². The molecule has 0 N–H and O–H groups in total. The van der Waals surface area contributed by atoms with Gasteiger partial charge < -0.3 is 9.64 Å². The average molecular weight is 181 g/mol. The summed E-state index contributed by atoms with van der Waals surface area (Å²) < 4.78 is 5.06. The lowest BCUT2D eigenvalue weighted by Gasteiger charge is -2.46. The monoisotopic (exact) mass is 181 g/mol. The maximum absolute atomic E-state index is 11.4. The van der Waals surface area contributed by atoms with E-state index in [2.05, 4.69) is 13.2 Å². The normalized spacial score (nSPS) is 26.9. The number of hydrogen-bond donors (Lipinski definition) is 0. The molecule has 1 aliphatic heterocycles. The van der Waals surface area contributed by atoms with Crippen LogP contribution in [0.2, 0.25) is 0 Å². The highest BCUT2D eigenvalue weighted by molar-refractivity contribution is 5.89. The Hall–Kier alpha value is -1.09. The smallest absolute Gasteiger partial charge is 0.255 e. The van der Waals surface area contributed by atoms with Gasteiger partial charge in [0.15, 0.2) is 6.10 Å². The minimum Gasteiger partial charge on any atom is -0.369 e. The highest BCUT2D eigenvalue weighted by Gasteiger charge is 2.47. The summed E-state index contributed by atoms with van der Waals surface area (Å²) in [5.74, 6) is 0.0235. The van der Waals surface area contributed by atoms with Crippen LogP contribution < -0.4 is 0 Å². The molecule has 72 valence electrons. The molecule has 13 heavy (non-hydrogen) atoms. The van der Waals surface area contributed by atoms with E-state index in [1.165, 1.54) is 0 Å². The zero-order valence-electron chi connectivity index (χ0n) is 8.12. The first-order valence-electron chi connectivity index (χ1n) is 4.23. The standard InChI is InChI=1S/C10H15NO2/c1-5-6-11-8(7(2)3)9(13-4)10(11)12/h5,8-9H,1-2,6H2,3-4H3/t8-,9+/m1/s1.